The Hall–Kier alpha value is -2.83. The van der Waals surface area contributed by atoms with Crippen molar-refractivity contribution in [2.24, 2.45) is 0 Å². The highest BCUT2D eigenvalue weighted by molar-refractivity contribution is 6.03. The van der Waals surface area contributed by atoms with E-state index in [1.165, 1.54) is 24.7 Å². The van der Waals surface area contributed by atoms with Crippen LogP contribution in [0.15, 0.2) is 36.8 Å². The maximum absolute atomic E-state index is 11.8. The van der Waals surface area contributed by atoms with Crippen molar-refractivity contribution >= 4 is 17.6 Å². The Labute approximate surface area is 108 Å². The number of amides is 1. The van der Waals surface area contributed by atoms with E-state index in [1.54, 1.807) is 12.1 Å². The number of hydrogen-bond acceptors (Lipinski definition) is 5. The first kappa shape index (κ1) is 12.6. The maximum Gasteiger partial charge on any atom is 0.309 e. The van der Waals surface area contributed by atoms with E-state index in [4.69, 9.17) is 5.11 Å². The highest BCUT2D eigenvalue weighted by Crippen LogP contribution is 2.08. The minimum absolute atomic E-state index is 0.150. The van der Waals surface area contributed by atoms with Crippen molar-refractivity contribution in [2.75, 3.05) is 5.32 Å². The number of carbonyl (C=O) groups excluding carboxylic acids is 1. The van der Waals surface area contributed by atoms with Gasteiger partial charge in [0.25, 0.3) is 5.91 Å². The van der Waals surface area contributed by atoms with Crippen molar-refractivity contribution in [3.63, 3.8) is 0 Å². The van der Waals surface area contributed by atoms with E-state index in [2.05, 4.69) is 20.5 Å². The van der Waals surface area contributed by atoms with Gasteiger partial charge in [-0.2, -0.15) is 10.2 Å². The second kappa shape index (κ2) is 5.67. The number of aliphatic carboxylic acids is 1. The van der Waals surface area contributed by atoms with Crippen LogP contribution in [-0.4, -0.2) is 32.2 Å². The summed E-state index contributed by atoms with van der Waals surface area (Å²) in [5.41, 5.74) is 1.29. The van der Waals surface area contributed by atoms with Gasteiger partial charge in [0, 0.05) is 0 Å². The fraction of sp³-hybridized carbons (Fsp3) is 0.0833. The Morgan fingerprint density at radius 1 is 1.16 bits per heavy atom. The van der Waals surface area contributed by atoms with E-state index in [0.717, 1.165) is 0 Å². The predicted molar refractivity (Wildman–Crippen MR) is 65.6 cm³/mol. The van der Waals surface area contributed by atoms with Gasteiger partial charge in [-0.1, -0.05) is 0 Å². The topological polar surface area (TPSA) is 105 Å². The number of rotatable bonds is 4. The molecule has 2 heterocycles. The largest absolute Gasteiger partial charge is 0.481 e. The number of aromatic nitrogens is 3. The molecule has 0 saturated heterocycles. The summed E-state index contributed by atoms with van der Waals surface area (Å²) in [4.78, 5) is 26.2. The predicted octanol–water partition coefficient (Wildman–Crippen LogP) is 0.751. The van der Waals surface area contributed by atoms with Gasteiger partial charge in [0.1, 0.15) is 0 Å². The molecule has 1 amide bonds. The Morgan fingerprint density at radius 3 is 2.58 bits per heavy atom. The molecule has 0 fully saturated rings. The number of nitrogens with one attached hydrogen (secondary N) is 1. The molecular formula is C12H10N4O3. The molecule has 2 rings (SSSR count). The first-order valence-electron chi connectivity index (χ1n) is 5.40. The van der Waals surface area contributed by atoms with Gasteiger partial charge in [-0.3, -0.25) is 14.6 Å². The quantitative estimate of drug-likeness (QED) is 0.838. The van der Waals surface area contributed by atoms with Crippen molar-refractivity contribution in [1.82, 2.24) is 15.2 Å². The summed E-state index contributed by atoms with van der Waals surface area (Å²) in [6.07, 6.45) is 4.03. The maximum atomic E-state index is 11.8. The van der Waals surface area contributed by atoms with Gasteiger partial charge in [-0.05, 0) is 18.2 Å². The number of anilines is 1. The van der Waals surface area contributed by atoms with E-state index in [0.29, 0.717) is 16.9 Å². The van der Waals surface area contributed by atoms with Crippen LogP contribution in [0.3, 0.4) is 0 Å². The van der Waals surface area contributed by atoms with Crippen LogP contribution in [0.2, 0.25) is 0 Å². The number of pyridine rings is 1. The highest BCUT2D eigenvalue weighted by Gasteiger charge is 2.07. The lowest BCUT2D eigenvalue weighted by Crippen LogP contribution is -2.12. The van der Waals surface area contributed by atoms with Crippen molar-refractivity contribution in [3.05, 3.63) is 48.0 Å². The molecule has 7 heteroatoms. The van der Waals surface area contributed by atoms with Gasteiger partial charge < -0.3 is 10.4 Å². The molecular weight excluding hydrogens is 248 g/mol. The van der Waals surface area contributed by atoms with Crippen molar-refractivity contribution < 1.29 is 14.7 Å². The average molecular weight is 258 g/mol. The zero-order chi connectivity index (χ0) is 13.7. The normalized spacial score (nSPS) is 9.89. The zero-order valence-corrected chi connectivity index (χ0v) is 9.78. The molecule has 0 spiro atoms. The van der Waals surface area contributed by atoms with Crippen LogP contribution in [-0.2, 0) is 11.2 Å². The molecule has 0 saturated carbocycles. The van der Waals surface area contributed by atoms with Gasteiger partial charge in [-0.25, -0.2) is 0 Å². The molecule has 2 N–H and O–H groups in total. The van der Waals surface area contributed by atoms with Crippen LogP contribution in [0.1, 0.15) is 16.1 Å². The van der Waals surface area contributed by atoms with Crippen molar-refractivity contribution in [3.8, 4) is 0 Å². The Bertz CT molecular complexity index is 584. The first-order chi connectivity index (χ1) is 9.15. The van der Waals surface area contributed by atoms with E-state index in [-0.39, 0.29) is 12.3 Å². The van der Waals surface area contributed by atoms with Crippen LogP contribution in [0.5, 0.6) is 0 Å². The van der Waals surface area contributed by atoms with E-state index in [1.807, 2.05) is 0 Å². The SMILES string of the molecule is O=C(O)Cc1ccc(NC(=O)c2ccnnc2)cn1. The molecule has 96 valence electrons. The van der Waals surface area contributed by atoms with Gasteiger partial charge in [0.05, 0.1) is 42.0 Å². The van der Waals surface area contributed by atoms with E-state index >= 15 is 0 Å². The number of carbonyl (C=O) groups is 2. The Kier molecular flexibility index (Phi) is 3.77. The monoisotopic (exact) mass is 258 g/mol. The summed E-state index contributed by atoms with van der Waals surface area (Å²) in [6.45, 7) is 0. The Balaban J connectivity index is 2.04. The lowest BCUT2D eigenvalue weighted by molar-refractivity contribution is -0.136. The van der Waals surface area contributed by atoms with Crippen molar-refractivity contribution in [2.45, 2.75) is 6.42 Å². The van der Waals surface area contributed by atoms with Crippen molar-refractivity contribution in [1.29, 1.82) is 0 Å². The van der Waals surface area contributed by atoms with Crippen LogP contribution >= 0.6 is 0 Å². The van der Waals surface area contributed by atoms with Crippen LogP contribution in [0.25, 0.3) is 0 Å². The molecule has 0 radical (unpaired) electrons. The lowest BCUT2D eigenvalue weighted by atomic mass is 10.2. The Morgan fingerprint density at radius 2 is 2.00 bits per heavy atom. The molecule has 19 heavy (non-hydrogen) atoms. The fourth-order valence-electron chi connectivity index (χ4n) is 1.39. The summed E-state index contributed by atoms with van der Waals surface area (Å²) >= 11 is 0. The van der Waals surface area contributed by atoms with Crippen LogP contribution in [0.4, 0.5) is 5.69 Å². The second-order valence-corrected chi connectivity index (χ2v) is 3.69. The number of carboxylic acid groups (broad SMARTS) is 1. The summed E-state index contributed by atoms with van der Waals surface area (Å²) in [5, 5.41) is 18.4. The van der Waals surface area contributed by atoms with Gasteiger partial charge in [0.2, 0.25) is 0 Å². The smallest absolute Gasteiger partial charge is 0.309 e. The van der Waals surface area contributed by atoms with Crippen LogP contribution in [0, 0.1) is 0 Å². The lowest BCUT2D eigenvalue weighted by Gasteiger charge is -2.04. The summed E-state index contributed by atoms with van der Waals surface area (Å²) in [5.74, 6) is -1.28. The third-order valence-electron chi connectivity index (χ3n) is 2.26. The second-order valence-electron chi connectivity index (χ2n) is 3.69. The van der Waals surface area contributed by atoms with E-state index < -0.39 is 5.97 Å². The standard InChI is InChI=1S/C12H10N4O3/c17-11(18)5-9-1-2-10(7-13-9)16-12(19)8-3-4-14-15-6-8/h1-4,6-7H,5H2,(H,16,19)(H,17,18). The van der Waals surface area contributed by atoms with E-state index in [9.17, 15) is 9.59 Å². The number of carboxylic acids is 1. The molecule has 2 aromatic heterocycles. The summed E-state index contributed by atoms with van der Waals surface area (Å²) in [7, 11) is 0. The molecule has 0 atom stereocenters. The summed E-state index contributed by atoms with van der Waals surface area (Å²) in [6, 6.07) is 4.68. The van der Waals surface area contributed by atoms with Crippen LogP contribution < -0.4 is 5.32 Å². The third kappa shape index (κ3) is 3.56. The first-order valence-corrected chi connectivity index (χ1v) is 5.40. The zero-order valence-electron chi connectivity index (χ0n) is 9.78. The number of hydrogen-bond donors (Lipinski definition) is 2. The molecule has 0 unspecified atom stereocenters. The number of nitrogens with zero attached hydrogens (tertiary/aromatic N) is 3. The minimum Gasteiger partial charge on any atom is -0.481 e. The molecule has 7 nitrogen and oxygen atoms in total. The highest BCUT2D eigenvalue weighted by atomic mass is 16.4. The summed E-state index contributed by atoms with van der Waals surface area (Å²) < 4.78 is 0. The molecule has 0 bridgehead atoms. The van der Waals surface area contributed by atoms with Gasteiger partial charge in [-0.15, -0.1) is 0 Å². The third-order valence-corrected chi connectivity index (χ3v) is 2.26. The molecule has 0 aliphatic carbocycles. The minimum atomic E-state index is -0.952. The average Bonchev–Trinajstić information content (AvgIpc) is 2.41. The van der Waals surface area contributed by atoms with Gasteiger partial charge >= 0.3 is 5.97 Å². The molecule has 0 aliphatic heterocycles. The molecule has 0 aliphatic rings. The van der Waals surface area contributed by atoms with Gasteiger partial charge in [0.15, 0.2) is 0 Å². The fourth-order valence-corrected chi connectivity index (χ4v) is 1.39. The molecule has 2 aromatic rings. The molecule has 0 aromatic carbocycles.